The number of hydrogen-bond donors (Lipinski definition) is 1. The van der Waals surface area contributed by atoms with Crippen molar-refractivity contribution in [2.45, 2.75) is 70.4 Å². The summed E-state index contributed by atoms with van der Waals surface area (Å²) in [5.41, 5.74) is -0.952. The van der Waals surface area contributed by atoms with E-state index in [1.165, 1.54) is 6.42 Å². The van der Waals surface area contributed by atoms with Crippen LogP contribution < -0.4 is 10.1 Å². The van der Waals surface area contributed by atoms with Gasteiger partial charge in [-0.05, 0) is 63.8 Å². The van der Waals surface area contributed by atoms with Crippen molar-refractivity contribution in [3.63, 3.8) is 0 Å². The molecule has 0 unspecified atom stereocenters. The van der Waals surface area contributed by atoms with Crippen LogP contribution in [0.25, 0.3) is 0 Å². The van der Waals surface area contributed by atoms with Crippen molar-refractivity contribution in [3.8, 4) is 5.75 Å². The summed E-state index contributed by atoms with van der Waals surface area (Å²) in [4.78, 5) is 27.2. The molecule has 1 aliphatic carbocycles. The Morgan fingerprint density at radius 2 is 1.64 bits per heavy atom. The molecule has 0 spiro atoms. The largest absolute Gasteiger partial charge is 0.478 e. The molecule has 1 aliphatic heterocycles. The fourth-order valence-corrected chi connectivity index (χ4v) is 4.26. The van der Waals surface area contributed by atoms with Crippen molar-refractivity contribution in [1.82, 2.24) is 10.2 Å². The number of nitrogens with zero attached hydrogens (tertiary/aromatic N) is 1. The Kier molecular flexibility index (Phi) is 6.86. The molecule has 1 N–H and O–H groups in total. The molecule has 2 amide bonds. The van der Waals surface area contributed by atoms with Crippen molar-refractivity contribution >= 4 is 23.4 Å². The lowest BCUT2D eigenvalue weighted by Gasteiger charge is -2.37. The molecular weight excluding hydrogens is 376 g/mol. The molecule has 1 aromatic carbocycles. The molecule has 2 aliphatic rings. The molecule has 0 radical (unpaired) electrons. The molecule has 6 heteroatoms. The summed E-state index contributed by atoms with van der Waals surface area (Å²) in [5.74, 6) is 0.980. The number of hydrogen-bond acceptors (Lipinski definition) is 3. The second-order valence-corrected chi connectivity index (χ2v) is 8.91. The number of ether oxygens (including phenoxy) is 1. The number of carbonyl (C=O) groups is 2. The highest BCUT2D eigenvalue weighted by atomic mass is 35.5. The standard InChI is InChI=1S/C22H31ClN2O3/c1-22(2,28-19-10-8-17(23)9-11-19)21(27)25-14-12-18(13-15-25)24-20(26)16-6-4-3-5-7-16/h8-11,16,18H,3-7,12-15H2,1-2H3,(H,24,26). The summed E-state index contributed by atoms with van der Waals surface area (Å²) >= 11 is 5.91. The topological polar surface area (TPSA) is 58.6 Å². The molecule has 1 aromatic rings. The van der Waals surface area contributed by atoms with Crippen LogP contribution in [0.2, 0.25) is 5.02 Å². The van der Waals surface area contributed by atoms with Gasteiger partial charge in [0.15, 0.2) is 5.60 Å². The van der Waals surface area contributed by atoms with Crippen LogP contribution in [0.5, 0.6) is 5.75 Å². The molecule has 2 fully saturated rings. The second-order valence-electron chi connectivity index (χ2n) is 8.48. The van der Waals surface area contributed by atoms with Crippen LogP contribution in [0.1, 0.15) is 58.8 Å². The predicted octanol–water partition coefficient (Wildman–Crippen LogP) is 4.18. The van der Waals surface area contributed by atoms with Gasteiger partial charge in [0.1, 0.15) is 5.75 Å². The molecule has 154 valence electrons. The molecule has 1 heterocycles. The summed E-state index contributed by atoms with van der Waals surface area (Å²) in [6.45, 7) is 4.87. The number of likely N-dealkylation sites (tertiary alicyclic amines) is 1. The number of amides is 2. The van der Waals surface area contributed by atoms with Gasteiger partial charge in [0, 0.05) is 30.1 Å². The van der Waals surface area contributed by atoms with Gasteiger partial charge >= 0.3 is 0 Å². The van der Waals surface area contributed by atoms with Crippen LogP contribution in [0, 0.1) is 5.92 Å². The first-order chi connectivity index (χ1) is 13.3. The van der Waals surface area contributed by atoms with Crippen molar-refractivity contribution in [3.05, 3.63) is 29.3 Å². The van der Waals surface area contributed by atoms with Crippen LogP contribution in [-0.4, -0.2) is 41.4 Å². The van der Waals surface area contributed by atoms with Crippen molar-refractivity contribution in [1.29, 1.82) is 0 Å². The minimum atomic E-state index is -0.952. The first-order valence-corrected chi connectivity index (χ1v) is 10.8. The Balaban J connectivity index is 1.48. The van der Waals surface area contributed by atoms with Crippen LogP contribution in [-0.2, 0) is 9.59 Å². The van der Waals surface area contributed by atoms with E-state index < -0.39 is 5.60 Å². The Bertz CT molecular complexity index is 676. The fraction of sp³-hybridized carbons (Fsp3) is 0.636. The van der Waals surface area contributed by atoms with E-state index in [1.807, 2.05) is 4.90 Å². The van der Waals surface area contributed by atoms with Gasteiger partial charge in [-0.2, -0.15) is 0 Å². The first kappa shape index (κ1) is 21.0. The number of piperidine rings is 1. The molecule has 3 rings (SSSR count). The van der Waals surface area contributed by atoms with E-state index in [1.54, 1.807) is 38.1 Å². The Hall–Kier alpha value is -1.75. The van der Waals surface area contributed by atoms with E-state index in [2.05, 4.69) is 5.32 Å². The lowest BCUT2D eigenvalue weighted by molar-refractivity contribution is -0.146. The first-order valence-electron chi connectivity index (χ1n) is 10.4. The minimum Gasteiger partial charge on any atom is -0.478 e. The zero-order chi connectivity index (χ0) is 20.1. The summed E-state index contributed by atoms with van der Waals surface area (Å²) in [6.07, 6.45) is 7.18. The molecule has 1 saturated heterocycles. The van der Waals surface area contributed by atoms with Gasteiger partial charge < -0.3 is 15.0 Å². The van der Waals surface area contributed by atoms with E-state index in [9.17, 15) is 9.59 Å². The number of carbonyl (C=O) groups excluding carboxylic acids is 2. The highest BCUT2D eigenvalue weighted by molar-refractivity contribution is 6.30. The lowest BCUT2D eigenvalue weighted by atomic mass is 9.88. The summed E-state index contributed by atoms with van der Waals surface area (Å²) in [7, 11) is 0. The van der Waals surface area contributed by atoms with E-state index in [0.717, 1.165) is 38.5 Å². The number of nitrogens with one attached hydrogen (secondary N) is 1. The number of halogens is 1. The zero-order valence-electron chi connectivity index (χ0n) is 16.9. The van der Waals surface area contributed by atoms with Crippen molar-refractivity contribution < 1.29 is 14.3 Å². The highest BCUT2D eigenvalue weighted by Crippen LogP contribution is 2.26. The third kappa shape index (κ3) is 5.40. The fourth-order valence-electron chi connectivity index (χ4n) is 4.13. The van der Waals surface area contributed by atoms with Gasteiger partial charge in [0.2, 0.25) is 5.91 Å². The maximum absolute atomic E-state index is 13.0. The van der Waals surface area contributed by atoms with Gasteiger partial charge in [-0.25, -0.2) is 0 Å². The smallest absolute Gasteiger partial charge is 0.266 e. The van der Waals surface area contributed by atoms with Crippen LogP contribution in [0.4, 0.5) is 0 Å². The third-order valence-corrected chi connectivity index (χ3v) is 6.06. The SMILES string of the molecule is CC(C)(Oc1ccc(Cl)cc1)C(=O)N1CCC(NC(=O)C2CCCCC2)CC1. The lowest BCUT2D eigenvalue weighted by Crippen LogP contribution is -2.54. The normalized spacial score (nSPS) is 19.3. The summed E-state index contributed by atoms with van der Waals surface area (Å²) < 4.78 is 5.92. The van der Waals surface area contributed by atoms with Crippen molar-refractivity contribution in [2.24, 2.45) is 5.92 Å². The summed E-state index contributed by atoms with van der Waals surface area (Å²) in [6, 6.07) is 7.20. The Morgan fingerprint density at radius 1 is 1.04 bits per heavy atom. The third-order valence-electron chi connectivity index (χ3n) is 5.81. The molecule has 0 bridgehead atoms. The van der Waals surface area contributed by atoms with Crippen molar-refractivity contribution in [2.75, 3.05) is 13.1 Å². The molecular formula is C22H31ClN2O3. The average Bonchev–Trinajstić information content (AvgIpc) is 2.70. The van der Waals surface area contributed by atoms with Gasteiger partial charge in [0.05, 0.1) is 0 Å². The van der Waals surface area contributed by atoms with Crippen LogP contribution in [0.15, 0.2) is 24.3 Å². The average molecular weight is 407 g/mol. The van der Waals surface area contributed by atoms with Gasteiger partial charge in [0.25, 0.3) is 5.91 Å². The maximum Gasteiger partial charge on any atom is 0.266 e. The Labute approximate surface area is 172 Å². The molecule has 0 aromatic heterocycles. The predicted molar refractivity (Wildman–Crippen MR) is 110 cm³/mol. The molecule has 1 saturated carbocycles. The molecule has 28 heavy (non-hydrogen) atoms. The van der Waals surface area contributed by atoms with Gasteiger partial charge in [-0.1, -0.05) is 30.9 Å². The van der Waals surface area contributed by atoms with Gasteiger partial charge in [-0.3, -0.25) is 9.59 Å². The van der Waals surface area contributed by atoms with E-state index >= 15 is 0 Å². The summed E-state index contributed by atoms with van der Waals surface area (Å²) in [5, 5.41) is 3.84. The monoisotopic (exact) mass is 406 g/mol. The van der Waals surface area contributed by atoms with E-state index in [4.69, 9.17) is 16.3 Å². The van der Waals surface area contributed by atoms with Crippen LogP contribution >= 0.6 is 11.6 Å². The second kappa shape index (κ2) is 9.17. The highest BCUT2D eigenvalue weighted by Gasteiger charge is 2.36. The van der Waals surface area contributed by atoms with E-state index in [0.29, 0.717) is 23.9 Å². The Morgan fingerprint density at radius 3 is 2.25 bits per heavy atom. The minimum absolute atomic E-state index is 0.0282. The number of benzene rings is 1. The molecule has 5 nitrogen and oxygen atoms in total. The quantitative estimate of drug-likeness (QED) is 0.797. The zero-order valence-corrected chi connectivity index (χ0v) is 17.6. The number of rotatable bonds is 5. The van der Waals surface area contributed by atoms with Crippen LogP contribution in [0.3, 0.4) is 0 Å². The van der Waals surface area contributed by atoms with E-state index in [-0.39, 0.29) is 23.8 Å². The maximum atomic E-state index is 13.0. The van der Waals surface area contributed by atoms with Gasteiger partial charge in [-0.15, -0.1) is 0 Å². The molecule has 0 atom stereocenters.